The van der Waals surface area contributed by atoms with Gasteiger partial charge >= 0.3 is 6.03 Å². The fraction of sp³-hybridized carbons (Fsp3) is 0.375. The zero-order valence-electron chi connectivity index (χ0n) is 18.6. The number of para-hydroxylation sites is 1. The summed E-state index contributed by atoms with van der Waals surface area (Å²) in [4.78, 5) is 32.9. The quantitative estimate of drug-likeness (QED) is 0.378. The highest BCUT2D eigenvalue weighted by Gasteiger charge is 2.26. The van der Waals surface area contributed by atoms with Gasteiger partial charge in [0.2, 0.25) is 0 Å². The number of hydrogen-bond acceptors (Lipinski definition) is 3. The van der Waals surface area contributed by atoms with Crippen molar-refractivity contribution >= 4 is 45.8 Å². The van der Waals surface area contributed by atoms with Crippen LogP contribution in [0.5, 0.6) is 0 Å². The van der Waals surface area contributed by atoms with Crippen molar-refractivity contribution in [3.63, 3.8) is 0 Å². The average Bonchev–Trinajstić information content (AvgIpc) is 2.79. The van der Waals surface area contributed by atoms with Crippen molar-refractivity contribution in [1.29, 1.82) is 0 Å². The Labute approximate surface area is 198 Å². The van der Waals surface area contributed by atoms with Gasteiger partial charge in [-0.3, -0.25) is 9.36 Å². The molecule has 0 saturated carbocycles. The molecule has 0 aliphatic rings. The molecular formula is C24H28Cl2N4O2. The maximum absolute atomic E-state index is 13.3. The Balaban J connectivity index is 2.00. The van der Waals surface area contributed by atoms with Gasteiger partial charge in [-0.05, 0) is 44.5 Å². The van der Waals surface area contributed by atoms with E-state index in [1.165, 1.54) is 0 Å². The molecule has 2 aromatic carbocycles. The van der Waals surface area contributed by atoms with E-state index < -0.39 is 6.04 Å². The van der Waals surface area contributed by atoms with Crippen LogP contribution in [-0.4, -0.2) is 27.0 Å². The minimum Gasteiger partial charge on any atom is -0.315 e. The van der Waals surface area contributed by atoms with Crippen LogP contribution in [0.15, 0.2) is 47.3 Å². The zero-order valence-corrected chi connectivity index (χ0v) is 20.1. The minimum absolute atomic E-state index is 0.105. The van der Waals surface area contributed by atoms with E-state index in [2.05, 4.69) is 12.2 Å². The molecule has 3 aromatic rings. The number of aromatic nitrogens is 2. The number of carbonyl (C=O) groups excluding carboxylic acids is 1. The lowest BCUT2D eigenvalue weighted by atomic mass is 10.1. The van der Waals surface area contributed by atoms with E-state index in [-0.39, 0.29) is 16.6 Å². The number of nitrogens with zero attached hydrogens (tertiary/aromatic N) is 3. The summed E-state index contributed by atoms with van der Waals surface area (Å²) in [6.07, 6.45) is 2.85. The maximum Gasteiger partial charge on any atom is 0.322 e. The van der Waals surface area contributed by atoms with Crippen molar-refractivity contribution < 1.29 is 4.79 Å². The molecule has 3 rings (SSSR count). The molecule has 1 aromatic heterocycles. The molecule has 1 atom stereocenters. The molecule has 1 N–H and O–H groups in total. The molecule has 8 heteroatoms. The molecule has 0 aliphatic heterocycles. The van der Waals surface area contributed by atoms with Gasteiger partial charge in [-0.1, -0.05) is 61.2 Å². The van der Waals surface area contributed by atoms with Crippen LogP contribution in [0, 0.1) is 0 Å². The van der Waals surface area contributed by atoms with E-state index >= 15 is 0 Å². The second kappa shape index (κ2) is 10.8. The Morgan fingerprint density at radius 2 is 1.88 bits per heavy atom. The van der Waals surface area contributed by atoms with Gasteiger partial charge in [-0.2, -0.15) is 0 Å². The lowest BCUT2D eigenvalue weighted by molar-refractivity contribution is 0.186. The van der Waals surface area contributed by atoms with Gasteiger partial charge < -0.3 is 10.2 Å². The number of halogens is 2. The first-order valence-corrected chi connectivity index (χ1v) is 11.7. The number of hydrogen-bond donors (Lipinski definition) is 1. The summed E-state index contributed by atoms with van der Waals surface area (Å²) in [6.45, 7) is 6.89. The Hall–Kier alpha value is -2.57. The zero-order chi connectivity index (χ0) is 23.3. The van der Waals surface area contributed by atoms with Crippen molar-refractivity contribution in [2.75, 3.05) is 11.9 Å². The van der Waals surface area contributed by atoms with Crippen molar-refractivity contribution in [3.8, 4) is 0 Å². The number of unbranched alkanes of at least 4 members (excludes halogenated alkanes) is 2. The van der Waals surface area contributed by atoms with Gasteiger partial charge in [0, 0.05) is 13.1 Å². The molecule has 0 radical (unpaired) electrons. The number of amides is 2. The molecule has 0 bridgehead atoms. The van der Waals surface area contributed by atoms with Crippen LogP contribution < -0.4 is 10.9 Å². The monoisotopic (exact) mass is 474 g/mol. The molecule has 2 amide bonds. The third-order valence-electron chi connectivity index (χ3n) is 5.51. The molecule has 0 spiro atoms. The smallest absolute Gasteiger partial charge is 0.315 e. The number of carbonyl (C=O) groups is 1. The summed E-state index contributed by atoms with van der Waals surface area (Å²) < 4.78 is 1.64. The standard InChI is InChI=1S/C24H28Cl2N4O2/c1-4-6-9-15-30(24(32)28-20-14-10-12-18(25)21(20)26)16(3)22-27-19-13-8-7-11-17(19)23(31)29(22)5-2/h7-8,10-14,16H,4-6,9,15H2,1-3H3,(H,28,32). The third kappa shape index (κ3) is 5.08. The molecule has 0 fully saturated rings. The molecule has 32 heavy (non-hydrogen) atoms. The first-order valence-electron chi connectivity index (χ1n) is 10.9. The second-order valence-electron chi connectivity index (χ2n) is 7.64. The number of rotatable bonds is 8. The Morgan fingerprint density at radius 1 is 1.12 bits per heavy atom. The van der Waals surface area contributed by atoms with Gasteiger partial charge in [0.1, 0.15) is 5.82 Å². The number of nitrogens with one attached hydrogen (secondary N) is 1. The predicted molar refractivity (Wildman–Crippen MR) is 132 cm³/mol. The first kappa shape index (κ1) is 24.1. The topological polar surface area (TPSA) is 67.2 Å². The summed E-state index contributed by atoms with van der Waals surface area (Å²) in [7, 11) is 0. The number of urea groups is 1. The highest BCUT2D eigenvalue weighted by Crippen LogP contribution is 2.30. The Bertz CT molecular complexity index is 1160. The fourth-order valence-electron chi connectivity index (χ4n) is 3.74. The van der Waals surface area contributed by atoms with Crippen molar-refractivity contribution in [2.24, 2.45) is 0 Å². The van der Waals surface area contributed by atoms with Gasteiger partial charge in [-0.25, -0.2) is 9.78 Å². The molecule has 1 unspecified atom stereocenters. The molecular weight excluding hydrogens is 447 g/mol. The Kier molecular flexibility index (Phi) is 8.15. The van der Waals surface area contributed by atoms with E-state index in [1.807, 2.05) is 32.0 Å². The molecule has 0 aliphatic carbocycles. The summed E-state index contributed by atoms with van der Waals surface area (Å²) in [6, 6.07) is 11.6. The molecule has 170 valence electrons. The van der Waals surface area contributed by atoms with E-state index in [0.717, 1.165) is 19.3 Å². The number of anilines is 1. The predicted octanol–water partition coefficient (Wildman–Crippen LogP) is 6.51. The summed E-state index contributed by atoms with van der Waals surface area (Å²) in [5.41, 5.74) is 0.957. The van der Waals surface area contributed by atoms with Gasteiger partial charge in [0.05, 0.1) is 32.7 Å². The van der Waals surface area contributed by atoms with E-state index in [0.29, 0.717) is 40.5 Å². The Morgan fingerprint density at radius 3 is 2.59 bits per heavy atom. The molecule has 6 nitrogen and oxygen atoms in total. The van der Waals surface area contributed by atoms with E-state index in [9.17, 15) is 9.59 Å². The van der Waals surface area contributed by atoms with Gasteiger partial charge in [-0.15, -0.1) is 0 Å². The van der Waals surface area contributed by atoms with Crippen molar-refractivity contribution in [2.45, 2.75) is 52.6 Å². The van der Waals surface area contributed by atoms with Crippen LogP contribution in [-0.2, 0) is 6.54 Å². The molecule has 0 saturated heterocycles. The number of benzene rings is 2. The van der Waals surface area contributed by atoms with Gasteiger partial charge in [0.15, 0.2) is 0 Å². The molecule has 1 heterocycles. The second-order valence-corrected chi connectivity index (χ2v) is 8.43. The normalized spacial score (nSPS) is 12.0. The van der Waals surface area contributed by atoms with Crippen LogP contribution in [0.4, 0.5) is 10.5 Å². The summed E-state index contributed by atoms with van der Waals surface area (Å²) >= 11 is 12.4. The third-order valence-corrected chi connectivity index (χ3v) is 6.32. The first-order chi connectivity index (χ1) is 15.4. The summed E-state index contributed by atoms with van der Waals surface area (Å²) in [5, 5.41) is 4.10. The van der Waals surface area contributed by atoms with E-state index in [1.54, 1.807) is 33.7 Å². The summed E-state index contributed by atoms with van der Waals surface area (Å²) in [5.74, 6) is 0.556. The minimum atomic E-state index is -0.429. The SMILES string of the molecule is CCCCCN(C(=O)Nc1cccc(Cl)c1Cl)C(C)c1nc2ccccc2c(=O)n1CC. The van der Waals surface area contributed by atoms with Crippen LogP contribution in [0.3, 0.4) is 0 Å². The fourth-order valence-corrected chi connectivity index (χ4v) is 4.09. The highest BCUT2D eigenvalue weighted by molar-refractivity contribution is 6.43. The maximum atomic E-state index is 13.3. The highest BCUT2D eigenvalue weighted by atomic mass is 35.5. The van der Waals surface area contributed by atoms with E-state index in [4.69, 9.17) is 28.2 Å². The largest absolute Gasteiger partial charge is 0.322 e. The van der Waals surface area contributed by atoms with Crippen molar-refractivity contribution in [3.05, 3.63) is 68.7 Å². The lowest BCUT2D eigenvalue weighted by Gasteiger charge is -2.30. The van der Waals surface area contributed by atoms with Gasteiger partial charge in [0.25, 0.3) is 5.56 Å². The van der Waals surface area contributed by atoms with Crippen LogP contribution in [0.1, 0.15) is 51.9 Å². The average molecular weight is 475 g/mol. The number of fused-ring (bicyclic) bond motifs is 1. The van der Waals surface area contributed by atoms with Crippen molar-refractivity contribution in [1.82, 2.24) is 14.5 Å². The van der Waals surface area contributed by atoms with Crippen LogP contribution in [0.25, 0.3) is 10.9 Å². The van der Waals surface area contributed by atoms with Crippen LogP contribution >= 0.6 is 23.2 Å². The van der Waals surface area contributed by atoms with Crippen LogP contribution in [0.2, 0.25) is 10.0 Å². The lowest BCUT2D eigenvalue weighted by Crippen LogP contribution is -2.40.